The number of hydrogen-bond acceptors (Lipinski definition) is 6. The summed E-state index contributed by atoms with van der Waals surface area (Å²) in [4.78, 5) is 48.0. The summed E-state index contributed by atoms with van der Waals surface area (Å²) in [6.07, 6.45) is 4.98. The number of esters is 1. The Balaban J connectivity index is 5.26. The van der Waals surface area contributed by atoms with Gasteiger partial charge in [0.15, 0.2) is 0 Å². The standard InChI is InChI=1S/C19H29IN2O5S/c1-5-16(21-13(4)23)18(25)22-17(12(2)3)19(26)27-15(8-6-7-9-28)10-14(24)11-20/h5-6,8,12,15,17,28H,7,9-11H2,1-4H3,(H,21,23)(H,22,25)/b8-6+,16-5-/t15-,17+/m1/s1. The van der Waals surface area contributed by atoms with Crippen LogP contribution in [-0.2, 0) is 23.9 Å². The van der Waals surface area contributed by atoms with Crippen molar-refractivity contribution in [2.75, 3.05) is 10.2 Å². The van der Waals surface area contributed by atoms with Crippen LogP contribution in [0.3, 0.4) is 0 Å². The molecule has 0 rings (SSSR count). The SMILES string of the molecule is C/C=C(\NC(C)=O)C(=O)N[C@H](C(=O)O[C@H](/C=C/CCS)CC(=O)CI)C(C)C. The van der Waals surface area contributed by atoms with Gasteiger partial charge in [0.05, 0.1) is 4.43 Å². The van der Waals surface area contributed by atoms with E-state index >= 15 is 0 Å². The second-order valence-corrected chi connectivity index (χ2v) is 7.58. The number of halogens is 1. The average Bonchev–Trinajstić information content (AvgIpc) is 2.63. The Morgan fingerprint density at radius 1 is 1.21 bits per heavy atom. The van der Waals surface area contributed by atoms with Gasteiger partial charge in [0.25, 0.3) is 5.91 Å². The van der Waals surface area contributed by atoms with Crippen molar-refractivity contribution < 1.29 is 23.9 Å². The summed E-state index contributed by atoms with van der Waals surface area (Å²) in [5.41, 5.74) is 0.0521. The lowest BCUT2D eigenvalue weighted by atomic mass is 10.0. The van der Waals surface area contributed by atoms with Crippen LogP contribution in [0.15, 0.2) is 23.9 Å². The first kappa shape index (κ1) is 26.6. The van der Waals surface area contributed by atoms with Crippen LogP contribution in [0.25, 0.3) is 0 Å². The molecule has 0 aliphatic rings. The molecular formula is C19H29IN2O5S. The molecule has 0 aliphatic carbocycles. The summed E-state index contributed by atoms with van der Waals surface area (Å²) in [6, 6.07) is -0.924. The van der Waals surface area contributed by atoms with Gasteiger partial charge in [-0.3, -0.25) is 14.4 Å². The molecule has 0 aromatic heterocycles. The second kappa shape index (κ2) is 14.6. The van der Waals surface area contributed by atoms with Crippen molar-refractivity contribution in [3.63, 3.8) is 0 Å². The van der Waals surface area contributed by atoms with Gasteiger partial charge in [0.2, 0.25) is 5.91 Å². The molecule has 0 heterocycles. The highest BCUT2D eigenvalue weighted by molar-refractivity contribution is 14.1. The number of amides is 2. The van der Waals surface area contributed by atoms with Gasteiger partial charge in [0, 0.05) is 13.3 Å². The monoisotopic (exact) mass is 524 g/mol. The number of alkyl halides is 1. The Morgan fingerprint density at radius 3 is 2.32 bits per heavy atom. The van der Waals surface area contributed by atoms with Gasteiger partial charge < -0.3 is 15.4 Å². The zero-order chi connectivity index (χ0) is 21.7. The molecule has 0 aromatic rings. The molecule has 0 saturated heterocycles. The number of ketones is 1. The summed E-state index contributed by atoms with van der Waals surface area (Å²) in [5.74, 6) is -1.27. The van der Waals surface area contributed by atoms with Gasteiger partial charge in [0.1, 0.15) is 23.6 Å². The van der Waals surface area contributed by atoms with Crippen molar-refractivity contribution in [3.05, 3.63) is 23.9 Å². The van der Waals surface area contributed by atoms with Crippen LogP contribution in [0.1, 0.15) is 40.5 Å². The summed E-state index contributed by atoms with van der Waals surface area (Å²) in [6.45, 7) is 6.42. The number of hydrogen-bond donors (Lipinski definition) is 3. The van der Waals surface area contributed by atoms with E-state index in [0.29, 0.717) is 16.6 Å². The predicted molar refractivity (Wildman–Crippen MR) is 120 cm³/mol. The summed E-state index contributed by atoms with van der Waals surface area (Å²) >= 11 is 6.08. The van der Waals surface area contributed by atoms with E-state index < -0.39 is 29.9 Å². The third-order valence-corrected chi connectivity index (χ3v) is 4.65. The van der Waals surface area contributed by atoms with Gasteiger partial charge in [-0.15, -0.1) is 0 Å². The van der Waals surface area contributed by atoms with Crippen LogP contribution in [-0.4, -0.2) is 45.9 Å². The maximum Gasteiger partial charge on any atom is 0.329 e. The molecule has 28 heavy (non-hydrogen) atoms. The molecule has 0 aromatic carbocycles. The molecule has 158 valence electrons. The molecule has 9 heteroatoms. The fraction of sp³-hybridized carbons (Fsp3) is 0.579. The van der Waals surface area contributed by atoms with E-state index in [4.69, 9.17) is 4.74 Å². The lowest BCUT2D eigenvalue weighted by Gasteiger charge is -2.24. The van der Waals surface area contributed by atoms with E-state index in [9.17, 15) is 19.2 Å². The smallest absolute Gasteiger partial charge is 0.329 e. The molecule has 0 aliphatic heterocycles. The Morgan fingerprint density at radius 2 is 1.86 bits per heavy atom. The minimum absolute atomic E-state index is 0.0408. The first-order chi connectivity index (χ1) is 13.2. The Labute approximate surface area is 185 Å². The number of ether oxygens (including phenoxy) is 1. The van der Waals surface area contributed by atoms with Crippen molar-refractivity contribution in [2.45, 2.75) is 52.7 Å². The number of nitrogens with one attached hydrogen (secondary N) is 2. The fourth-order valence-electron chi connectivity index (χ4n) is 2.14. The summed E-state index contributed by atoms with van der Waals surface area (Å²) in [5, 5.41) is 5.01. The Hall–Kier alpha value is -1.36. The maximum absolute atomic E-state index is 12.7. The molecule has 0 fully saturated rings. The summed E-state index contributed by atoms with van der Waals surface area (Å²) in [7, 11) is 0. The third-order valence-electron chi connectivity index (χ3n) is 3.54. The van der Waals surface area contributed by atoms with E-state index in [-0.39, 0.29) is 23.8 Å². The highest BCUT2D eigenvalue weighted by Gasteiger charge is 2.29. The minimum atomic E-state index is -0.924. The molecule has 0 radical (unpaired) electrons. The van der Waals surface area contributed by atoms with Crippen molar-refractivity contribution >= 4 is 58.8 Å². The molecule has 0 unspecified atom stereocenters. The number of rotatable bonds is 12. The van der Waals surface area contributed by atoms with Gasteiger partial charge in [-0.2, -0.15) is 12.6 Å². The molecular weight excluding hydrogens is 495 g/mol. The van der Waals surface area contributed by atoms with E-state index in [1.54, 1.807) is 26.8 Å². The van der Waals surface area contributed by atoms with Crippen molar-refractivity contribution in [1.82, 2.24) is 10.6 Å². The van der Waals surface area contributed by atoms with Crippen LogP contribution in [0.4, 0.5) is 0 Å². The zero-order valence-electron chi connectivity index (χ0n) is 16.7. The first-order valence-corrected chi connectivity index (χ1v) is 11.1. The largest absolute Gasteiger partial charge is 0.456 e. The topological polar surface area (TPSA) is 102 Å². The Kier molecular flexibility index (Phi) is 13.9. The van der Waals surface area contributed by atoms with Gasteiger partial charge in [-0.25, -0.2) is 4.79 Å². The van der Waals surface area contributed by atoms with Gasteiger partial charge >= 0.3 is 5.97 Å². The summed E-state index contributed by atoms with van der Waals surface area (Å²) < 4.78 is 5.81. The highest BCUT2D eigenvalue weighted by atomic mass is 127. The Bertz CT molecular complexity index is 619. The van der Waals surface area contributed by atoms with Crippen LogP contribution >= 0.6 is 35.2 Å². The van der Waals surface area contributed by atoms with Gasteiger partial charge in [-0.05, 0) is 31.1 Å². The quantitative estimate of drug-likeness (QED) is 0.0909. The van der Waals surface area contributed by atoms with Crippen LogP contribution in [0, 0.1) is 5.92 Å². The van der Waals surface area contributed by atoms with Crippen LogP contribution in [0.5, 0.6) is 0 Å². The molecule has 2 N–H and O–H groups in total. The molecule has 2 amide bonds. The maximum atomic E-state index is 12.7. The minimum Gasteiger partial charge on any atom is -0.456 e. The number of thiol groups is 1. The lowest BCUT2D eigenvalue weighted by molar-refractivity contribution is -0.152. The average molecular weight is 524 g/mol. The number of carbonyl (C=O) groups is 4. The highest BCUT2D eigenvalue weighted by Crippen LogP contribution is 2.11. The van der Waals surface area contributed by atoms with Crippen molar-refractivity contribution in [1.29, 1.82) is 0 Å². The number of allylic oxidation sites excluding steroid dienone is 2. The number of carbonyl (C=O) groups excluding carboxylic acids is 4. The van der Waals surface area contributed by atoms with Crippen LogP contribution < -0.4 is 10.6 Å². The normalized spacial score (nSPS) is 13.9. The second-order valence-electron chi connectivity index (χ2n) is 6.37. The molecule has 7 nitrogen and oxygen atoms in total. The van der Waals surface area contributed by atoms with Crippen molar-refractivity contribution in [3.8, 4) is 0 Å². The van der Waals surface area contributed by atoms with Crippen molar-refractivity contribution in [2.24, 2.45) is 5.92 Å². The zero-order valence-corrected chi connectivity index (χ0v) is 19.7. The number of Topliss-reactive ketones (excluding diaryl/α,β-unsaturated/α-hetero) is 1. The van der Waals surface area contributed by atoms with Crippen LogP contribution in [0.2, 0.25) is 0 Å². The molecule has 0 spiro atoms. The van der Waals surface area contributed by atoms with E-state index in [0.717, 1.165) is 0 Å². The van der Waals surface area contributed by atoms with E-state index in [1.807, 2.05) is 28.7 Å². The van der Waals surface area contributed by atoms with E-state index in [2.05, 4.69) is 23.3 Å². The fourth-order valence-corrected chi connectivity index (χ4v) is 2.60. The molecule has 0 bridgehead atoms. The lowest BCUT2D eigenvalue weighted by Crippen LogP contribution is -2.48. The third kappa shape index (κ3) is 10.8. The van der Waals surface area contributed by atoms with E-state index in [1.165, 1.54) is 13.0 Å². The molecule has 2 atom stereocenters. The van der Waals surface area contributed by atoms with Gasteiger partial charge in [-0.1, -0.05) is 48.6 Å². The predicted octanol–water partition coefficient (Wildman–Crippen LogP) is 2.35. The molecule has 0 saturated carbocycles. The first-order valence-electron chi connectivity index (χ1n) is 8.96.